The molecule has 0 unspecified atom stereocenters. The first-order chi connectivity index (χ1) is 9.58. The number of imidazole rings is 1. The zero-order chi connectivity index (χ0) is 14.7. The molecule has 5 heteroatoms. The number of terminal acetylenes is 1. The molecule has 1 heterocycles. The summed E-state index contributed by atoms with van der Waals surface area (Å²) in [6, 6.07) is 4.43. The number of rotatable bonds is 4. The zero-order valence-electron chi connectivity index (χ0n) is 11.2. The number of anilines is 1. The molecule has 1 aromatic heterocycles. The molecule has 2 N–H and O–H groups in total. The Balaban J connectivity index is 2.54. The molecule has 0 aliphatic carbocycles. The van der Waals surface area contributed by atoms with Crippen molar-refractivity contribution in [1.29, 1.82) is 0 Å². The number of aromatic nitrogens is 2. The smallest absolute Gasteiger partial charge is 0.141 e. The van der Waals surface area contributed by atoms with Gasteiger partial charge in [-0.2, -0.15) is 0 Å². The van der Waals surface area contributed by atoms with E-state index in [1.165, 1.54) is 12.1 Å². The summed E-state index contributed by atoms with van der Waals surface area (Å²) in [5, 5.41) is 0.0467. The van der Waals surface area contributed by atoms with Gasteiger partial charge in [-0.25, -0.2) is 9.37 Å². The predicted molar refractivity (Wildman–Crippen MR) is 79.9 cm³/mol. The van der Waals surface area contributed by atoms with Crippen LogP contribution in [-0.4, -0.2) is 9.55 Å². The first-order valence-electron chi connectivity index (χ1n) is 6.32. The van der Waals surface area contributed by atoms with Crippen molar-refractivity contribution in [2.24, 2.45) is 0 Å². The number of hydrogen-bond donors (Lipinski definition) is 1. The molecule has 104 valence electrons. The molecule has 0 saturated carbocycles. The lowest BCUT2D eigenvalue weighted by atomic mass is 10.1. The molecule has 20 heavy (non-hydrogen) atoms. The van der Waals surface area contributed by atoms with Crippen molar-refractivity contribution in [3.8, 4) is 23.6 Å². The summed E-state index contributed by atoms with van der Waals surface area (Å²) in [7, 11) is 0. The van der Waals surface area contributed by atoms with E-state index in [1.54, 1.807) is 10.6 Å². The van der Waals surface area contributed by atoms with Crippen LogP contribution in [0.3, 0.4) is 0 Å². The summed E-state index contributed by atoms with van der Waals surface area (Å²) in [6.45, 7) is 2.42. The van der Waals surface area contributed by atoms with Crippen molar-refractivity contribution in [1.82, 2.24) is 9.55 Å². The molecule has 0 spiro atoms. The van der Waals surface area contributed by atoms with Gasteiger partial charge in [0.2, 0.25) is 0 Å². The molecule has 1 aromatic carbocycles. The highest BCUT2D eigenvalue weighted by Gasteiger charge is 2.16. The third kappa shape index (κ3) is 2.63. The Bertz CT molecular complexity index is 670. The highest BCUT2D eigenvalue weighted by molar-refractivity contribution is 6.31. The predicted octanol–water partition coefficient (Wildman–Crippen LogP) is 3.51. The molecule has 0 fully saturated rings. The number of aryl methyl sites for hydroxylation is 1. The lowest BCUT2D eigenvalue weighted by Crippen LogP contribution is -2.06. The second-order valence-electron chi connectivity index (χ2n) is 4.43. The maximum absolute atomic E-state index is 13.2. The summed E-state index contributed by atoms with van der Waals surface area (Å²) >= 11 is 5.80. The van der Waals surface area contributed by atoms with Crippen LogP contribution in [0.4, 0.5) is 10.2 Å². The van der Waals surface area contributed by atoms with Gasteiger partial charge < -0.3 is 10.3 Å². The molecule has 0 amide bonds. The highest BCUT2D eigenvalue weighted by atomic mass is 35.5. The average molecular weight is 292 g/mol. The lowest BCUT2D eigenvalue weighted by molar-refractivity contribution is 0.628. The lowest BCUT2D eigenvalue weighted by Gasteiger charge is -2.05. The Hall–Kier alpha value is -1.99. The molecule has 0 atom stereocenters. The zero-order valence-corrected chi connectivity index (χ0v) is 11.9. The third-order valence-electron chi connectivity index (χ3n) is 3.00. The van der Waals surface area contributed by atoms with Crippen molar-refractivity contribution >= 4 is 17.4 Å². The fourth-order valence-electron chi connectivity index (χ4n) is 2.05. The Morgan fingerprint density at radius 1 is 1.50 bits per heavy atom. The number of benzene rings is 1. The first kappa shape index (κ1) is 14.4. The fraction of sp³-hybridized carbons (Fsp3) is 0.267. The molecule has 0 aliphatic heterocycles. The van der Waals surface area contributed by atoms with Gasteiger partial charge in [0.25, 0.3) is 0 Å². The van der Waals surface area contributed by atoms with Gasteiger partial charge in [-0.15, -0.1) is 6.42 Å². The van der Waals surface area contributed by atoms with Gasteiger partial charge in [0.05, 0.1) is 11.6 Å². The fourth-order valence-corrected chi connectivity index (χ4v) is 2.23. The van der Waals surface area contributed by atoms with Crippen LogP contribution in [0, 0.1) is 18.2 Å². The molecule has 0 bridgehead atoms. The van der Waals surface area contributed by atoms with Gasteiger partial charge in [0, 0.05) is 12.0 Å². The Morgan fingerprint density at radius 3 is 2.85 bits per heavy atom. The third-order valence-corrected chi connectivity index (χ3v) is 3.29. The van der Waals surface area contributed by atoms with E-state index in [0.717, 1.165) is 18.7 Å². The molecule has 2 rings (SSSR count). The van der Waals surface area contributed by atoms with Gasteiger partial charge in [-0.1, -0.05) is 24.4 Å². The number of nitrogens with zero attached hydrogens (tertiary/aromatic N) is 2. The van der Waals surface area contributed by atoms with Gasteiger partial charge in [0.15, 0.2) is 0 Å². The van der Waals surface area contributed by atoms with Crippen LogP contribution in [0.5, 0.6) is 0 Å². The second-order valence-corrected chi connectivity index (χ2v) is 4.84. The van der Waals surface area contributed by atoms with Crippen LogP contribution in [0.2, 0.25) is 5.02 Å². The van der Waals surface area contributed by atoms with Gasteiger partial charge >= 0.3 is 0 Å². The molecule has 2 aromatic rings. The minimum Gasteiger partial charge on any atom is -0.383 e. The molecule has 0 radical (unpaired) electrons. The molecule has 0 saturated heterocycles. The van der Waals surface area contributed by atoms with E-state index in [1.807, 2.05) is 0 Å². The Labute approximate surface area is 122 Å². The number of nitrogens with two attached hydrogens (primary N) is 1. The first-order valence-corrected chi connectivity index (χ1v) is 6.70. The number of hydrogen-bond acceptors (Lipinski definition) is 2. The standard InChI is InChI=1S/C15H15ClFN3/c1-3-5-13-19-14(15(18)20(13)8-4-2)10-6-7-12(17)11(16)9-10/h2,6-7,9H,3,5,8,18H2,1H3. The van der Waals surface area contributed by atoms with Crippen molar-refractivity contribution in [3.05, 3.63) is 34.9 Å². The molecule has 3 nitrogen and oxygen atoms in total. The highest BCUT2D eigenvalue weighted by Crippen LogP contribution is 2.29. The van der Waals surface area contributed by atoms with E-state index < -0.39 is 5.82 Å². The topological polar surface area (TPSA) is 43.8 Å². The van der Waals surface area contributed by atoms with E-state index in [4.69, 9.17) is 23.8 Å². The average Bonchev–Trinajstić information content (AvgIpc) is 2.72. The summed E-state index contributed by atoms with van der Waals surface area (Å²) in [6.07, 6.45) is 7.08. The van der Waals surface area contributed by atoms with E-state index in [2.05, 4.69) is 17.8 Å². The Morgan fingerprint density at radius 2 is 2.25 bits per heavy atom. The second kappa shape index (κ2) is 5.98. The monoisotopic (exact) mass is 291 g/mol. The molecular weight excluding hydrogens is 277 g/mol. The van der Waals surface area contributed by atoms with Crippen molar-refractivity contribution in [2.45, 2.75) is 26.3 Å². The molecule has 0 aliphatic rings. The van der Waals surface area contributed by atoms with Crippen molar-refractivity contribution < 1.29 is 4.39 Å². The van der Waals surface area contributed by atoms with Crippen LogP contribution in [0.25, 0.3) is 11.3 Å². The van der Waals surface area contributed by atoms with Crippen LogP contribution < -0.4 is 5.73 Å². The van der Waals surface area contributed by atoms with E-state index in [-0.39, 0.29) is 5.02 Å². The van der Waals surface area contributed by atoms with Gasteiger partial charge in [0.1, 0.15) is 23.2 Å². The Kier molecular flexibility index (Phi) is 4.31. The van der Waals surface area contributed by atoms with Crippen molar-refractivity contribution in [2.75, 3.05) is 5.73 Å². The normalized spacial score (nSPS) is 10.5. The largest absolute Gasteiger partial charge is 0.383 e. The minimum atomic E-state index is -0.467. The number of nitrogen functional groups attached to an aromatic ring is 1. The SMILES string of the molecule is C#CCn1c(CCC)nc(-c2ccc(F)c(Cl)c2)c1N. The van der Waals surface area contributed by atoms with E-state index in [0.29, 0.717) is 23.6 Å². The summed E-state index contributed by atoms with van der Waals surface area (Å²) in [5.74, 6) is 3.41. The summed E-state index contributed by atoms with van der Waals surface area (Å²) in [5.41, 5.74) is 7.38. The van der Waals surface area contributed by atoms with Crippen LogP contribution in [0.1, 0.15) is 19.2 Å². The maximum atomic E-state index is 13.2. The van der Waals surface area contributed by atoms with Crippen LogP contribution in [-0.2, 0) is 13.0 Å². The minimum absolute atomic E-state index is 0.0467. The number of halogens is 2. The molecular formula is C15H15ClFN3. The van der Waals surface area contributed by atoms with Crippen LogP contribution in [0.15, 0.2) is 18.2 Å². The van der Waals surface area contributed by atoms with Crippen LogP contribution >= 0.6 is 11.6 Å². The van der Waals surface area contributed by atoms with E-state index in [9.17, 15) is 4.39 Å². The van der Waals surface area contributed by atoms with E-state index >= 15 is 0 Å². The maximum Gasteiger partial charge on any atom is 0.141 e. The van der Waals surface area contributed by atoms with Gasteiger partial charge in [-0.3, -0.25) is 0 Å². The summed E-state index contributed by atoms with van der Waals surface area (Å²) < 4.78 is 15.0. The quantitative estimate of drug-likeness (QED) is 0.876. The van der Waals surface area contributed by atoms with Gasteiger partial charge in [-0.05, 0) is 24.6 Å². The van der Waals surface area contributed by atoms with Crippen molar-refractivity contribution in [3.63, 3.8) is 0 Å². The summed E-state index contributed by atoms with van der Waals surface area (Å²) in [4.78, 5) is 4.52.